The first-order valence-corrected chi connectivity index (χ1v) is 16.7. The molecule has 1 N–H and O–H groups in total. The Bertz CT molecular complexity index is 1960. The van der Waals surface area contributed by atoms with Gasteiger partial charge in [0.25, 0.3) is 0 Å². The van der Waals surface area contributed by atoms with Crippen LogP contribution in [0.15, 0.2) is 92.7 Å². The fourth-order valence-electron chi connectivity index (χ4n) is 5.94. The summed E-state index contributed by atoms with van der Waals surface area (Å²) in [5.74, 6) is 0.946. The molecule has 0 atom stereocenters. The highest BCUT2D eigenvalue weighted by molar-refractivity contribution is 5.65. The molecule has 268 valence electrons. The highest BCUT2D eigenvalue weighted by Gasteiger charge is 2.30. The standard InChI is InChI=1S/C38H39F3N4O6/c1-48-32-15-8-28(24-34(32)49-25-30-26-50-35(42-30)17-10-27-6-3-2-4-7-27)9-16-33-36(46)45(37(47)51-33)19-5-18-43-20-22-44(23-21-43)31-13-11-29(12-14-31)38(39,40)41/h2-4,6-8,10-15,17,24,26,46H,5,9,16,18-23,25H2,1H3. The highest BCUT2D eigenvalue weighted by atomic mass is 19.4. The van der Waals surface area contributed by atoms with Gasteiger partial charge in [0.1, 0.15) is 18.6 Å². The normalized spacial score (nSPS) is 14.0. The van der Waals surface area contributed by atoms with E-state index >= 15 is 0 Å². The number of alkyl halides is 3. The van der Waals surface area contributed by atoms with E-state index in [4.69, 9.17) is 18.3 Å². The van der Waals surface area contributed by atoms with Crippen LogP contribution in [-0.4, -0.2) is 59.4 Å². The van der Waals surface area contributed by atoms with Gasteiger partial charge in [0.2, 0.25) is 11.8 Å². The SMILES string of the molecule is COc1ccc(CCc2oc(=O)n(CCCN3CCN(c4ccc(C(F)(F)F)cc4)CC3)c2O)cc1OCc1coc(C=Cc2ccccc2)n1. The van der Waals surface area contributed by atoms with Gasteiger partial charge in [-0.2, -0.15) is 13.2 Å². The minimum atomic E-state index is -4.35. The minimum Gasteiger partial charge on any atom is -0.493 e. The van der Waals surface area contributed by atoms with Gasteiger partial charge in [-0.25, -0.2) is 14.3 Å². The Hall–Kier alpha value is -5.43. The molecular weight excluding hydrogens is 665 g/mol. The van der Waals surface area contributed by atoms with Crippen molar-refractivity contribution in [2.45, 2.75) is 38.6 Å². The number of hydrogen-bond acceptors (Lipinski definition) is 9. The number of aryl methyl sites for hydroxylation is 2. The lowest BCUT2D eigenvalue weighted by Crippen LogP contribution is -2.46. The lowest BCUT2D eigenvalue weighted by Gasteiger charge is -2.36. The topological polar surface area (TPSA) is 106 Å². The molecule has 6 rings (SSSR count). The van der Waals surface area contributed by atoms with E-state index < -0.39 is 17.5 Å². The fourth-order valence-corrected chi connectivity index (χ4v) is 5.94. The molecule has 0 unspecified atom stereocenters. The predicted octanol–water partition coefficient (Wildman–Crippen LogP) is 6.91. The molecule has 10 nitrogen and oxygen atoms in total. The molecule has 0 bridgehead atoms. The molecule has 3 heterocycles. The molecular formula is C38H39F3N4O6. The van der Waals surface area contributed by atoms with Crippen LogP contribution in [0.25, 0.3) is 12.2 Å². The number of oxazole rings is 2. The molecule has 0 aliphatic carbocycles. The number of anilines is 1. The first-order chi connectivity index (χ1) is 24.7. The van der Waals surface area contributed by atoms with E-state index in [1.165, 1.54) is 16.7 Å². The monoisotopic (exact) mass is 704 g/mol. The second kappa shape index (κ2) is 16.1. The van der Waals surface area contributed by atoms with Crippen molar-refractivity contribution in [1.29, 1.82) is 0 Å². The van der Waals surface area contributed by atoms with Crippen LogP contribution in [0, 0.1) is 0 Å². The average molecular weight is 705 g/mol. The zero-order valence-electron chi connectivity index (χ0n) is 28.1. The first kappa shape index (κ1) is 35.4. The number of ether oxygens (including phenoxy) is 2. The zero-order chi connectivity index (χ0) is 35.8. The van der Waals surface area contributed by atoms with Gasteiger partial charge in [-0.1, -0.05) is 36.4 Å². The van der Waals surface area contributed by atoms with Crippen molar-refractivity contribution in [2.24, 2.45) is 0 Å². The molecule has 1 saturated heterocycles. The Labute approximate surface area is 293 Å². The van der Waals surface area contributed by atoms with Gasteiger partial charge < -0.3 is 28.3 Å². The Morgan fingerprint density at radius 2 is 1.69 bits per heavy atom. The summed E-state index contributed by atoms with van der Waals surface area (Å²) in [7, 11) is 1.56. The number of methoxy groups -OCH3 is 1. The predicted molar refractivity (Wildman–Crippen MR) is 186 cm³/mol. The van der Waals surface area contributed by atoms with Crippen molar-refractivity contribution in [3.8, 4) is 17.4 Å². The van der Waals surface area contributed by atoms with E-state index in [0.717, 1.165) is 42.0 Å². The number of aromatic hydroxyl groups is 1. The number of piperazine rings is 1. The number of hydrogen-bond donors (Lipinski definition) is 1. The number of nitrogens with zero attached hydrogens (tertiary/aromatic N) is 4. The molecule has 0 amide bonds. The van der Waals surface area contributed by atoms with Gasteiger partial charge in [0, 0.05) is 50.9 Å². The van der Waals surface area contributed by atoms with Crippen LogP contribution in [0.1, 0.15) is 40.5 Å². The largest absolute Gasteiger partial charge is 0.493 e. The summed E-state index contributed by atoms with van der Waals surface area (Å²) in [6, 6.07) is 20.6. The molecule has 0 spiro atoms. The van der Waals surface area contributed by atoms with Crippen molar-refractivity contribution in [1.82, 2.24) is 14.5 Å². The van der Waals surface area contributed by atoms with Gasteiger partial charge >= 0.3 is 11.9 Å². The summed E-state index contributed by atoms with van der Waals surface area (Å²) in [4.78, 5) is 21.4. The maximum atomic E-state index is 12.9. The quantitative estimate of drug-likeness (QED) is 0.132. The van der Waals surface area contributed by atoms with Crippen LogP contribution < -0.4 is 20.1 Å². The Morgan fingerprint density at radius 3 is 2.41 bits per heavy atom. The second-order valence-corrected chi connectivity index (χ2v) is 12.2. The molecule has 0 saturated carbocycles. The second-order valence-electron chi connectivity index (χ2n) is 12.2. The third kappa shape index (κ3) is 9.23. The summed E-state index contributed by atoms with van der Waals surface area (Å²) in [5, 5.41) is 10.8. The smallest absolute Gasteiger partial charge is 0.422 e. The van der Waals surface area contributed by atoms with E-state index in [-0.39, 0.29) is 18.2 Å². The number of rotatable bonds is 14. The summed E-state index contributed by atoms with van der Waals surface area (Å²) in [6.45, 7) is 3.98. The lowest BCUT2D eigenvalue weighted by molar-refractivity contribution is -0.137. The molecule has 1 aliphatic heterocycles. The van der Waals surface area contributed by atoms with Gasteiger partial charge in [-0.3, -0.25) is 4.90 Å². The molecule has 5 aromatic rings. The molecule has 3 aromatic carbocycles. The number of aromatic nitrogens is 2. The summed E-state index contributed by atoms with van der Waals surface area (Å²) < 4.78 is 62.4. The average Bonchev–Trinajstić information content (AvgIpc) is 3.71. The first-order valence-electron chi connectivity index (χ1n) is 16.7. The van der Waals surface area contributed by atoms with Crippen LogP contribution in [0.3, 0.4) is 0 Å². The van der Waals surface area contributed by atoms with Gasteiger partial charge in [0.15, 0.2) is 17.3 Å². The van der Waals surface area contributed by atoms with Crippen LogP contribution in [0.4, 0.5) is 18.9 Å². The van der Waals surface area contributed by atoms with E-state index in [9.17, 15) is 23.1 Å². The maximum absolute atomic E-state index is 12.9. The van der Waals surface area contributed by atoms with Crippen molar-refractivity contribution < 1.29 is 36.6 Å². The molecule has 1 fully saturated rings. The molecule has 1 aliphatic rings. The highest BCUT2D eigenvalue weighted by Crippen LogP contribution is 2.32. The van der Waals surface area contributed by atoms with Crippen LogP contribution in [-0.2, 0) is 32.2 Å². The summed E-state index contributed by atoms with van der Waals surface area (Å²) in [6.07, 6.45) is 2.28. The van der Waals surface area contributed by atoms with E-state index in [0.29, 0.717) is 68.5 Å². The zero-order valence-corrected chi connectivity index (χ0v) is 28.1. The molecule has 51 heavy (non-hydrogen) atoms. The Kier molecular flexibility index (Phi) is 11.2. The van der Waals surface area contributed by atoms with Crippen LogP contribution in [0.5, 0.6) is 17.4 Å². The maximum Gasteiger partial charge on any atom is 0.422 e. The Morgan fingerprint density at radius 1 is 0.922 bits per heavy atom. The summed E-state index contributed by atoms with van der Waals surface area (Å²) in [5.41, 5.74) is 2.64. The molecule has 2 aromatic heterocycles. The fraction of sp³-hybridized carbons (Fsp3) is 0.316. The van der Waals surface area contributed by atoms with E-state index in [2.05, 4.69) is 14.8 Å². The molecule has 0 radical (unpaired) electrons. The van der Waals surface area contributed by atoms with Crippen LogP contribution in [0.2, 0.25) is 0 Å². The van der Waals surface area contributed by atoms with Gasteiger partial charge in [0.05, 0.1) is 12.7 Å². The minimum absolute atomic E-state index is 0.163. The third-order valence-electron chi connectivity index (χ3n) is 8.76. The van der Waals surface area contributed by atoms with Gasteiger partial charge in [-0.05, 0) is 73.0 Å². The molecule has 13 heteroatoms. The van der Waals surface area contributed by atoms with Crippen molar-refractivity contribution >= 4 is 17.8 Å². The number of benzene rings is 3. The van der Waals surface area contributed by atoms with Crippen molar-refractivity contribution in [3.05, 3.63) is 124 Å². The Balaban J connectivity index is 0.971. The number of halogens is 3. The van der Waals surface area contributed by atoms with Crippen LogP contribution >= 0.6 is 0 Å². The van der Waals surface area contributed by atoms with E-state index in [1.807, 2.05) is 48.5 Å². The van der Waals surface area contributed by atoms with E-state index in [1.54, 1.807) is 25.5 Å². The summed E-state index contributed by atoms with van der Waals surface area (Å²) >= 11 is 0. The van der Waals surface area contributed by atoms with Gasteiger partial charge in [-0.15, -0.1) is 0 Å². The van der Waals surface area contributed by atoms with Crippen molar-refractivity contribution in [3.63, 3.8) is 0 Å². The van der Waals surface area contributed by atoms with Crippen molar-refractivity contribution in [2.75, 3.05) is 44.7 Å². The lowest BCUT2D eigenvalue weighted by atomic mass is 10.1. The third-order valence-corrected chi connectivity index (χ3v) is 8.76.